The van der Waals surface area contributed by atoms with Crippen LogP contribution >= 0.6 is 0 Å². The summed E-state index contributed by atoms with van der Waals surface area (Å²) in [7, 11) is 0. The van der Waals surface area contributed by atoms with Gasteiger partial charge in [-0.15, -0.1) is 0 Å². The first kappa shape index (κ1) is 12.4. The molecule has 0 bridgehead atoms. The van der Waals surface area contributed by atoms with Crippen LogP contribution in [-0.2, 0) is 0 Å². The van der Waals surface area contributed by atoms with E-state index in [0.717, 1.165) is 24.2 Å². The molecule has 1 saturated carbocycles. The van der Waals surface area contributed by atoms with Crippen LogP contribution in [0.5, 0.6) is 0 Å². The zero-order valence-electron chi connectivity index (χ0n) is 11.1. The fraction of sp³-hybridized carbons (Fsp3) is 0.571. The van der Waals surface area contributed by atoms with E-state index in [9.17, 15) is 0 Å². The van der Waals surface area contributed by atoms with Gasteiger partial charge in [-0.3, -0.25) is 0 Å². The largest absolute Gasteiger partial charge is 0.469 e. The standard InChI is InChI=1S/C14H19N3O2/c1-9-11(7-8-18-9)13-16-14(19-17-13)12(15)10-5-3-2-4-6-10/h7-8,10,12H,2-6,15H2,1H3. The molecule has 2 aromatic rings. The van der Waals surface area contributed by atoms with Crippen LogP contribution in [0, 0.1) is 12.8 Å². The third-order valence-electron chi connectivity index (χ3n) is 3.98. The number of aryl methyl sites for hydroxylation is 1. The predicted octanol–water partition coefficient (Wildman–Crippen LogP) is 3.22. The predicted molar refractivity (Wildman–Crippen MR) is 70.2 cm³/mol. The Morgan fingerprint density at radius 2 is 2.11 bits per heavy atom. The highest BCUT2D eigenvalue weighted by Crippen LogP contribution is 2.33. The van der Waals surface area contributed by atoms with Gasteiger partial charge in [0.15, 0.2) is 0 Å². The second kappa shape index (κ2) is 5.17. The average molecular weight is 261 g/mol. The van der Waals surface area contributed by atoms with E-state index in [-0.39, 0.29) is 6.04 Å². The molecule has 0 aromatic carbocycles. The summed E-state index contributed by atoms with van der Waals surface area (Å²) < 4.78 is 10.6. The number of nitrogens with two attached hydrogens (primary N) is 1. The molecule has 5 nitrogen and oxygen atoms in total. The Balaban J connectivity index is 1.79. The number of rotatable bonds is 3. The van der Waals surface area contributed by atoms with E-state index < -0.39 is 0 Å². The van der Waals surface area contributed by atoms with Crippen LogP contribution in [0.2, 0.25) is 0 Å². The molecule has 2 aromatic heterocycles. The van der Waals surface area contributed by atoms with Gasteiger partial charge in [-0.05, 0) is 31.7 Å². The van der Waals surface area contributed by atoms with Gasteiger partial charge in [0.05, 0.1) is 17.9 Å². The number of hydrogen-bond donors (Lipinski definition) is 1. The van der Waals surface area contributed by atoms with E-state index in [1.807, 2.05) is 13.0 Å². The van der Waals surface area contributed by atoms with E-state index in [1.54, 1.807) is 6.26 Å². The molecule has 1 atom stereocenters. The fourth-order valence-electron chi connectivity index (χ4n) is 2.79. The molecule has 1 aliphatic carbocycles. The molecular weight excluding hydrogens is 242 g/mol. The van der Waals surface area contributed by atoms with Crippen LogP contribution in [0.3, 0.4) is 0 Å². The Kier molecular flexibility index (Phi) is 3.38. The van der Waals surface area contributed by atoms with E-state index in [4.69, 9.17) is 14.7 Å². The summed E-state index contributed by atoms with van der Waals surface area (Å²) in [6.07, 6.45) is 7.75. The Labute approximate surface area is 112 Å². The zero-order chi connectivity index (χ0) is 13.2. The summed E-state index contributed by atoms with van der Waals surface area (Å²) in [4.78, 5) is 4.43. The first-order valence-corrected chi connectivity index (χ1v) is 6.89. The molecule has 5 heteroatoms. The average Bonchev–Trinajstić information content (AvgIpc) is 3.07. The highest BCUT2D eigenvalue weighted by molar-refractivity contribution is 5.56. The zero-order valence-corrected chi connectivity index (χ0v) is 11.1. The first-order chi connectivity index (χ1) is 9.25. The smallest absolute Gasteiger partial charge is 0.244 e. The van der Waals surface area contributed by atoms with E-state index in [1.165, 1.54) is 19.3 Å². The number of hydrogen-bond acceptors (Lipinski definition) is 5. The Bertz CT molecular complexity index is 540. The molecule has 1 aliphatic rings. The van der Waals surface area contributed by atoms with Crippen molar-refractivity contribution in [1.29, 1.82) is 0 Å². The van der Waals surface area contributed by atoms with Gasteiger partial charge in [-0.2, -0.15) is 4.98 Å². The molecule has 102 valence electrons. The minimum Gasteiger partial charge on any atom is -0.469 e. The molecule has 19 heavy (non-hydrogen) atoms. The second-order valence-corrected chi connectivity index (χ2v) is 5.27. The van der Waals surface area contributed by atoms with Gasteiger partial charge in [0.25, 0.3) is 0 Å². The van der Waals surface area contributed by atoms with Gasteiger partial charge < -0.3 is 14.7 Å². The van der Waals surface area contributed by atoms with Gasteiger partial charge in [-0.1, -0.05) is 24.4 Å². The lowest BCUT2D eigenvalue weighted by molar-refractivity contribution is 0.255. The van der Waals surface area contributed by atoms with Crippen LogP contribution in [0.15, 0.2) is 21.3 Å². The lowest BCUT2D eigenvalue weighted by Gasteiger charge is -2.24. The SMILES string of the molecule is Cc1occc1-c1noc(C(N)C2CCCCC2)n1. The molecule has 0 saturated heterocycles. The summed E-state index contributed by atoms with van der Waals surface area (Å²) in [6, 6.07) is 1.70. The maximum atomic E-state index is 6.25. The summed E-state index contributed by atoms with van der Waals surface area (Å²) in [5.74, 6) is 2.36. The Morgan fingerprint density at radius 3 is 2.79 bits per heavy atom. The summed E-state index contributed by atoms with van der Waals surface area (Å²) >= 11 is 0. The number of furan rings is 1. The minimum absolute atomic E-state index is 0.145. The molecular formula is C14H19N3O2. The van der Waals surface area contributed by atoms with Crippen molar-refractivity contribution < 1.29 is 8.94 Å². The van der Waals surface area contributed by atoms with Crippen LogP contribution in [0.4, 0.5) is 0 Å². The van der Waals surface area contributed by atoms with E-state index >= 15 is 0 Å². The molecule has 2 heterocycles. The first-order valence-electron chi connectivity index (χ1n) is 6.89. The summed E-state index contributed by atoms with van der Waals surface area (Å²) in [5.41, 5.74) is 7.12. The molecule has 0 spiro atoms. The topological polar surface area (TPSA) is 78.1 Å². The number of nitrogens with zero attached hydrogens (tertiary/aromatic N) is 2. The normalized spacial score (nSPS) is 18.6. The van der Waals surface area contributed by atoms with Crippen LogP contribution in [0.1, 0.15) is 49.8 Å². The maximum Gasteiger partial charge on any atom is 0.244 e. The van der Waals surface area contributed by atoms with Gasteiger partial charge in [-0.25, -0.2) is 0 Å². The monoisotopic (exact) mass is 261 g/mol. The molecule has 0 amide bonds. The molecule has 0 aliphatic heterocycles. The summed E-state index contributed by atoms with van der Waals surface area (Å²) in [5, 5.41) is 4.01. The second-order valence-electron chi connectivity index (χ2n) is 5.27. The van der Waals surface area contributed by atoms with Crippen LogP contribution in [0.25, 0.3) is 11.4 Å². The van der Waals surface area contributed by atoms with Crippen molar-refractivity contribution in [1.82, 2.24) is 10.1 Å². The Hall–Kier alpha value is -1.62. The van der Waals surface area contributed by atoms with Crippen molar-refractivity contribution in [2.45, 2.75) is 45.1 Å². The minimum atomic E-state index is -0.145. The Morgan fingerprint density at radius 1 is 1.32 bits per heavy atom. The maximum absolute atomic E-state index is 6.25. The molecule has 0 radical (unpaired) electrons. The van der Waals surface area contributed by atoms with Crippen LogP contribution < -0.4 is 5.73 Å². The van der Waals surface area contributed by atoms with Crippen molar-refractivity contribution in [3.63, 3.8) is 0 Å². The molecule has 2 N–H and O–H groups in total. The number of aromatic nitrogens is 2. The lowest BCUT2D eigenvalue weighted by Crippen LogP contribution is -2.23. The highest BCUT2D eigenvalue weighted by Gasteiger charge is 2.26. The fourth-order valence-corrected chi connectivity index (χ4v) is 2.79. The van der Waals surface area contributed by atoms with Crippen molar-refractivity contribution in [2.24, 2.45) is 11.7 Å². The van der Waals surface area contributed by atoms with Crippen molar-refractivity contribution in [2.75, 3.05) is 0 Å². The van der Waals surface area contributed by atoms with Gasteiger partial charge in [0, 0.05) is 0 Å². The van der Waals surface area contributed by atoms with Gasteiger partial charge in [0.2, 0.25) is 11.7 Å². The third kappa shape index (κ3) is 2.42. The lowest BCUT2D eigenvalue weighted by atomic mass is 9.84. The van der Waals surface area contributed by atoms with Crippen molar-refractivity contribution in [3.05, 3.63) is 24.0 Å². The molecule has 3 rings (SSSR count). The third-order valence-corrected chi connectivity index (χ3v) is 3.98. The van der Waals surface area contributed by atoms with Gasteiger partial charge in [0.1, 0.15) is 5.76 Å². The van der Waals surface area contributed by atoms with Crippen molar-refractivity contribution >= 4 is 0 Å². The van der Waals surface area contributed by atoms with E-state index in [0.29, 0.717) is 17.6 Å². The van der Waals surface area contributed by atoms with E-state index in [2.05, 4.69) is 10.1 Å². The quantitative estimate of drug-likeness (QED) is 0.917. The highest BCUT2D eigenvalue weighted by atomic mass is 16.5. The molecule has 1 unspecified atom stereocenters. The van der Waals surface area contributed by atoms with Gasteiger partial charge >= 0.3 is 0 Å². The molecule has 1 fully saturated rings. The van der Waals surface area contributed by atoms with Crippen LogP contribution in [-0.4, -0.2) is 10.1 Å². The van der Waals surface area contributed by atoms with Crippen molar-refractivity contribution in [3.8, 4) is 11.4 Å². The summed E-state index contributed by atoms with van der Waals surface area (Å²) in [6.45, 7) is 1.88.